The standard InChI is InChI=1S/C19H17N3O2S/c1-25-13-18-21-16-8-4-5-9-17(16)22(18)11-19(23)24-12-15-7-3-2-6-14(15)10-20/h2-9H,11-13H2,1H3. The molecule has 0 spiro atoms. The normalized spacial score (nSPS) is 10.6. The fourth-order valence-corrected chi connectivity index (χ4v) is 3.11. The Bertz CT molecular complexity index is 943. The summed E-state index contributed by atoms with van der Waals surface area (Å²) in [5.74, 6) is 1.22. The minimum absolute atomic E-state index is 0.0903. The number of carbonyl (C=O) groups excluding carboxylic acids is 1. The SMILES string of the molecule is CSCc1nc2ccccc2n1CC(=O)OCc1ccccc1C#N. The highest BCUT2D eigenvalue weighted by molar-refractivity contribution is 7.97. The smallest absolute Gasteiger partial charge is 0.326 e. The molecule has 5 nitrogen and oxygen atoms in total. The Morgan fingerprint density at radius 3 is 2.80 bits per heavy atom. The third-order valence-electron chi connectivity index (χ3n) is 3.82. The summed E-state index contributed by atoms with van der Waals surface area (Å²) in [6.45, 7) is 0.193. The lowest BCUT2D eigenvalue weighted by atomic mass is 10.1. The van der Waals surface area contributed by atoms with Gasteiger partial charge in [-0.25, -0.2) is 4.98 Å². The fourth-order valence-electron chi connectivity index (χ4n) is 2.63. The third-order valence-corrected chi connectivity index (χ3v) is 4.37. The van der Waals surface area contributed by atoms with Crippen LogP contribution in [-0.2, 0) is 28.4 Å². The van der Waals surface area contributed by atoms with Gasteiger partial charge in [0.05, 0.1) is 28.4 Å². The number of hydrogen-bond acceptors (Lipinski definition) is 5. The first-order chi connectivity index (χ1) is 12.2. The van der Waals surface area contributed by atoms with Crippen molar-refractivity contribution >= 4 is 28.8 Å². The molecule has 2 aromatic carbocycles. The average Bonchev–Trinajstić information content (AvgIpc) is 2.98. The number of benzene rings is 2. The zero-order valence-corrected chi connectivity index (χ0v) is 14.6. The van der Waals surface area contributed by atoms with Gasteiger partial charge in [-0.1, -0.05) is 30.3 Å². The Morgan fingerprint density at radius 1 is 1.24 bits per heavy atom. The molecule has 0 aliphatic carbocycles. The van der Waals surface area contributed by atoms with Gasteiger partial charge in [0.2, 0.25) is 0 Å². The molecule has 126 valence electrons. The minimum Gasteiger partial charge on any atom is -0.459 e. The van der Waals surface area contributed by atoms with Crippen LogP contribution in [0.25, 0.3) is 11.0 Å². The van der Waals surface area contributed by atoms with E-state index in [9.17, 15) is 4.79 Å². The predicted octanol–water partition coefficient (Wildman–Crippen LogP) is 3.51. The molecular weight excluding hydrogens is 334 g/mol. The number of rotatable bonds is 6. The number of para-hydroxylation sites is 2. The van der Waals surface area contributed by atoms with Crippen LogP contribution in [-0.4, -0.2) is 21.8 Å². The lowest BCUT2D eigenvalue weighted by Gasteiger charge is -2.10. The van der Waals surface area contributed by atoms with Crippen molar-refractivity contribution in [3.05, 3.63) is 65.5 Å². The summed E-state index contributed by atoms with van der Waals surface area (Å²) >= 11 is 1.65. The Morgan fingerprint density at radius 2 is 2.00 bits per heavy atom. The lowest BCUT2D eigenvalue weighted by molar-refractivity contribution is -0.145. The van der Waals surface area contributed by atoms with Gasteiger partial charge in [0.15, 0.2) is 0 Å². The zero-order chi connectivity index (χ0) is 17.6. The van der Waals surface area contributed by atoms with Gasteiger partial charge in [0.25, 0.3) is 0 Å². The Hall–Kier alpha value is -2.78. The summed E-state index contributed by atoms with van der Waals surface area (Å²) in [5.41, 5.74) is 3.01. The first-order valence-corrected chi connectivity index (χ1v) is 9.19. The molecule has 0 unspecified atom stereocenters. The molecule has 0 radical (unpaired) electrons. The topological polar surface area (TPSA) is 67.9 Å². The van der Waals surface area contributed by atoms with Crippen LogP contribution in [0.1, 0.15) is 17.0 Å². The maximum atomic E-state index is 12.3. The Balaban J connectivity index is 1.76. The third kappa shape index (κ3) is 3.83. The maximum Gasteiger partial charge on any atom is 0.326 e. The zero-order valence-electron chi connectivity index (χ0n) is 13.8. The summed E-state index contributed by atoms with van der Waals surface area (Å²) in [7, 11) is 0. The highest BCUT2D eigenvalue weighted by atomic mass is 32.2. The molecule has 0 bridgehead atoms. The van der Waals surface area contributed by atoms with Crippen LogP contribution in [0.15, 0.2) is 48.5 Å². The van der Waals surface area contributed by atoms with Gasteiger partial charge in [-0.05, 0) is 24.5 Å². The number of fused-ring (bicyclic) bond motifs is 1. The van der Waals surface area contributed by atoms with Gasteiger partial charge in [-0.3, -0.25) is 4.79 Å². The number of nitrogens with zero attached hydrogens (tertiary/aromatic N) is 3. The van der Waals surface area contributed by atoms with E-state index in [4.69, 9.17) is 10.00 Å². The number of hydrogen-bond donors (Lipinski definition) is 0. The minimum atomic E-state index is -0.349. The van der Waals surface area contributed by atoms with Gasteiger partial charge < -0.3 is 9.30 Å². The number of carbonyl (C=O) groups is 1. The molecule has 0 amide bonds. The van der Waals surface area contributed by atoms with Gasteiger partial charge in [0, 0.05) is 5.56 Å². The van der Waals surface area contributed by atoms with Gasteiger partial charge in [0.1, 0.15) is 19.0 Å². The van der Waals surface area contributed by atoms with Crippen LogP contribution in [0, 0.1) is 11.3 Å². The van der Waals surface area contributed by atoms with Crippen LogP contribution in [0.5, 0.6) is 0 Å². The number of aromatic nitrogens is 2. The van der Waals surface area contributed by atoms with Crippen LogP contribution in [0.4, 0.5) is 0 Å². The summed E-state index contributed by atoms with van der Waals surface area (Å²) in [5, 5.41) is 9.10. The highest BCUT2D eigenvalue weighted by Gasteiger charge is 2.14. The second-order valence-electron chi connectivity index (χ2n) is 5.47. The maximum absolute atomic E-state index is 12.3. The van der Waals surface area contributed by atoms with Crippen molar-refractivity contribution < 1.29 is 9.53 Å². The molecule has 1 aromatic heterocycles. The lowest BCUT2D eigenvalue weighted by Crippen LogP contribution is -2.15. The molecule has 0 N–H and O–H groups in total. The average molecular weight is 351 g/mol. The second-order valence-corrected chi connectivity index (χ2v) is 6.33. The second kappa shape index (κ2) is 7.86. The van der Waals surface area contributed by atoms with Crippen LogP contribution >= 0.6 is 11.8 Å². The van der Waals surface area contributed by atoms with Crippen molar-refractivity contribution in [1.82, 2.24) is 9.55 Å². The predicted molar refractivity (Wildman–Crippen MR) is 97.9 cm³/mol. The van der Waals surface area contributed by atoms with Crippen molar-refractivity contribution in [2.75, 3.05) is 6.26 Å². The molecule has 0 aliphatic heterocycles. The van der Waals surface area contributed by atoms with E-state index in [1.807, 2.05) is 41.2 Å². The summed E-state index contributed by atoms with van der Waals surface area (Å²) < 4.78 is 7.27. The molecule has 1 heterocycles. The van der Waals surface area contributed by atoms with Crippen LogP contribution < -0.4 is 0 Å². The summed E-state index contributed by atoms with van der Waals surface area (Å²) in [6, 6.07) is 17.0. The van der Waals surface area contributed by atoms with Gasteiger partial charge in [-0.15, -0.1) is 0 Å². The molecule has 0 aliphatic rings. The van der Waals surface area contributed by atoms with E-state index in [1.54, 1.807) is 30.0 Å². The van der Waals surface area contributed by atoms with E-state index in [1.165, 1.54) is 0 Å². The van der Waals surface area contributed by atoms with Gasteiger partial charge >= 0.3 is 5.97 Å². The summed E-state index contributed by atoms with van der Waals surface area (Å²) in [6.07, 6.45) is 2.00. The van der Waals surface area contributed by atoms with Crippen molar-refractivity contribution in [3.8, 4) is 6.07 Å². The molecule has 0 saturated heterocycles. The Labute approximate surface area is 150 Å². The van der Waals surface area contributed by atoms with Crippen LogP contribution in [0.2, 0.25) is 0 Å². The van der Waals surface area contributed by atoms with Crippen molar-refractivity contribution in [2.24, 2.45) is 0 Å². The molecule has 0 atom stereocenters. The number of nitriles is 1. The first-order valence-electron chi connectivity index (χ1n) is 7.79. The number of imidazole rings is 1. The van der Waals surface area contributed by atoms with Crippen molar-refractivity contribution in [2.45, 2.75) is 18.9 Å². The molecule has 0 saturated carbocycles. The quantitative estimate of drug-likeness (QED) is 0.636. The van der Waals surface area contributed by atoms with E-state index >= 15 is 0 Å². The summed E-state index contributed by atoms with van der Waals surface area (Å²) in [4.78, 5) is 16.9. The number of esters is 1. The molecule has 3 aromatic rings. The number of ether oxygens (including phenoxy) is 1. The van der Waals surface area contributed by atoms with E-state index in [2.05, 4.69) is 11.1 Å². The van der Waals surface area contributed by atoms with E-state index < -0.39 is 0 Å². The largest absolute Gasteiger partial charge is 0.459 e. The monoisotopic (exact) mass is 351 g/mol. The highest BCUT2D eigenvalue weighted by Crippen LogP contribution is 2.19. The van der Waals surface area contributed by atoms with Gasteiger partial charge in [-0.2, -0.15) is 17.0 Å². The molecule has 6 heteroatoms. The number of thioether (sulfide) groups is 1. The van der Waals surface area contributed by atoms with E-state index in [0.29, 0.717) is 11.1 Å². The van der Waals surface area contributed by atoms with E-state index in [-0.39, 0.29) is 19.1 Å². The van der Waals surface area contributed by atoms with Crippen LogP contribution in [0.3, 0.4) is 0 Å². The van der Waals surface area contributed by atoms with Crippen molar-refractivity contribution in [3.63, 3.8) is 0 Å². The molecule has 25 heavy (non-hydrogen) atoms. The first kappa shape index (κ1) is 17.1. The molecule has 0 fully saturated rings. The molecular formula is C19H17N3O2S. The van der Waals surface area contributed by atoms with E-state index in [0.717, 1.165) is 22.6 Å². The van der Waals surface area contributed by atoms with Crippen molar-refractivity contribution in [1.29, 1.82) is 5.26 Å². The molecule has 3 rings (SSSR count). The Kier molecular flexibility index (Phi) is 5.36. The fraction of sp³-hybridized carbons (Fsp3) is 0.211.